The van der Waals surface area contributed by atoms with E-state index in [1.807, 2.05) is 0 Å². The molecule has 0 saturated carbocycles. The van der Waals surface area contributed by atoms with Gasteiger partial charge in [0.25, 0.3) is 0 Å². The number of halogens is 2. The molecule has 1 aromatic heterocycles. The van der Waals surface area contributed by atoms with Gasteiger partial charge in [-0.05, 0) is 31.8 Å². The molecule has 0 unspecified atom stereocenters. The number of fused-ring (bicyclic) bond motifs is 1. The molecular weight excluding hydrogens is 238 g/mol. The maximum absolute atomic E-state index is 13.2. The fourth-order valence-corrected chi connectivity index (χ4v) is 2.41. The smallest absolute Gasteiger partial charge is 0.161 e. The number of hydrogen-bond donors (Lipinski definition) is 1. The van der Waals surface area contributed by atoms with Gasteiger partial charge in [-0.2, -0.15) is 0 Å². The van der Waals surface area contributed by atoms with Gasteiger partial charge in [-0.3, -0.25) is 0 Å². The van der Waals surface area contributed by atoms with Crippen LogP contribution in [-0.2, 0) is 6.54 Å². The van der Waals surface area contributed by atoms with Crippen LogP contribution >= 0.6 is 0 Å². The largest absolute Gasteiger partial charge is 0.317 e. The summed E-state index contributed by atoms with van der Waals surface area (Å²) in [6.45, 7) is 2.71. The van der Waals surface area contributed by atoms with Crippen molar-refractivity contribution in [3.8, 4) is 0 Å². The summed E-state index contributed by atoms with van der Waals surface area (Å²) >= 11 is 0. The zero-order chi connectivity index (χ0) is 12.5. The number of nitrogens with zero attached hydrogens (tertiary/aromatic N) is 3. The van der Waals surface area contributed by atoms with Gasteiger partial charge < -0.3 is 5.32 Å². The topological polar surface area (TPSA) is 42.7 Å². The number of rotatable bonds is 2. The lowest BCUT2D eigenvalue weighted by Crippen LogP contribution is -2.30. The molecule has 0 amide bonds. The van der Waals surface area contributed by atoms with Crippen molar-refractivity contribution in [1.82, 2.24) is 20.3 Å². The zero-order valence-electron chi connectivity index (χ0n) is 9.87. The summed E-state index contributed by atoms with van der Waals surface area (Å²) in [4.78, 5) is 0. The van der Waals surface area contributed by atoms with Gasteiger partial charge in [0.1, 0.15) is 5.52 Å². The molecule has 1 fully saturated rings. The molecule has 0 spiro atoms. The normalized spacial score (nSPS) is 17.4. The van der Waals surface area contributed by atoms with Gasteiger partial charge in [-0.25, -0.2) is 13.5 Å². The fraction of sp³-hybridized carbons (Fsp3) is 0.500. The Balaban J connectivity index is 1.89. The average molecular weight is 252 g/mol. The first-order chi connectivity index (χ1) is 8.74. The summed E-state index contributed by atoms with van der Waals surface area (Å²) in [6.07, 6.45) is 2.15. The lowest BCUT2D eigenvalue weighted by atomic mass is 9.98. The third-order valence-corrected chi connectivity index (χ3v) is 3.45. The highest BCUT2D eigenvalue weighted by atomic mass is 19.2. The molecule has 0 radical (unpaired) electrons. The van der Waals surface area contributed by atoms with Crippen molar-refractivity contribution in [2.24, 2.45) is 5.92 Å². The maximum atomic E-state index is 13.2. The van der Waals surface area contributed by atoms with E-state index in [0.29, 0.717) is 23.5 Å². The number of piperidine rings is 1. The van der Waals surface area contributed by atoms with Crippen molar-refractivity contribution in [2.75, 3.05) is 13.1 Å². The zero-order valence-corrected chi connectivity index (χ0v) is 9.87. The molecular formula is C12H14F2N4. The molecule has 2 aromatic rings. The van der Waals surface area contributed by atoms with Crippen LogP contribution in [0, 0.1) is 17.6 Å². The molecule has 6 heteroatoms. The Kier molecular flexibility index (Phi) is 2.95. The third kappa shape index (κ3) is 2.08. The highest BCUT2D eigenvalue weighted by molar-refractivity contribution is 5.74. The van der Waals surface area contributed by atoms with E-state index in [1.165, 1.54) is 6.07 Å². The summed E-state index contributed by atoms with van der Waals surface area (Å²) in [5, 5.41) is 11.2. The summed E-state index contributed by atoms with van der Waals surface area (Å²) in [7, 11) is 0. The van der Waals surface area contributed by atoms with Crippen molar-refractivity contribution < 1.29 is 8.78 Å². The van der Waals surface area contributed by atoms with Crippen molar-refractivity contribution in [2.45, 2.75) is 19.4 Å². The fourth-order valence-electron chi connectivity index (χ4n) is 2.41. The second-order valence-corrected chi connectivity index (χ2v) is 4.72. The van der Waals surface area contributed by atoms with Crippen LogP contribution in [0.15, 0.2) is 12.1 Å². The van der Waals surface area contributed by atoms with Crippen LogP contribution in [-0.4, -0.2) is 28.1 Å². The SMILES string of the molecule is Fc1cc2nnn(CC3CCNCC3)c2cc1F. The van der Waals surface area contributed by atoms with Crippen LogP contribution in [0.3, 0.4) is 0 Å². The van der Waals surface area contributed by atoms with Crippen LogP contribution < -0.4 is 5.32 Å². The van der Waals surface area contributed by atoms with Crippen LogP contribution in [0.4, 0.5) is 8.78 Å². The third-order valence-electron chi connectivity index (χ3n) is 3.45. The lowest BCUT2D eigenvalue weighted by Gasteiger charge is -2.22. The molecule has 96 valence electrons. The number of nitrogens with one attached hydrogen (secondary N) is 1. The second kappa shape index (κ2) is 4.61. The first-order valence-electron chi connectivity index (χ1n) is 6.13. The molecule has 1 aliphatic rings. The minimum Gasteiger partial charge on any atom is -0.317 e. The van der Waals surface area contributed by atoms with Crippen LogP contribution in [0.2, 0.25) is 0 Å². The minimum atomic E-state index is -0.878. The van der Waals surface area contributed by atoms with Gasteiger partial charge in [0.05, 0.1) is 5.52 Å². The second-order valence-electron chi connectivity index (χ2n) is 4.72. The molecule has 1 saturated heterocycles. The molecule has 2 heterocycles. The number of aromatic nitrogens is 3. The standard InChI is InChI=1S/C12H14F2N4/c13-9-5-11-12(6-10(9)14)18(17-16-11)7-8-1-3-15-4-2-8/h5-6,8,15H,1-4,7H2. The van der Waals surface area contributed by atoms with Crippen molar-refractivity contribution >= 4 is 11.0 Å². The quantitative estimate of drug-likeness (QED) is 0.884. The average Bonchev–Trinajstić information content (AvgIpc) is 2.74. The number of hydrogen-bond acceptors (Lipinski definition) is 3. The van der Waals surface area contributed by atoms with E-state index >= 15 is 0 Å². The Labute approximate surface area is 103 Å². The summed E-state index contributed by atoms with van der Waals surface area (Å²) in [5.74, 6) is -1.21. The Morgan fingerprint density at radius 2 is 1.94 bits per heavy atom. The Morgan fingerprint density at radius 3 is 2.72 bits per heavy atom. The van der Waals surface area contributed by atoms with Crippen LogP contribution in [0.1, 0.15) is 12.8 Å². The minimum absolute atomic E-state index is 0.405. The monoisotopic (exact) mass is 252 g/mol. The summed E-state index contributed by atoms with van der Waals surface area (Å²) in [6, 6.07) is 2.27. The molecule has 1 aromatic carbocycles. The predicted octanol–water partition coefficient (Wildman–Crippen LogP) is 1.71. The Bertz CT molecular complexity index is 560. The predicted molar refractivity (Wildman–Crippen MR) is 63.0 cm³/mol. The van der Waals surface area contributed by atoms with Crippen LogP contribution in [0.5, 0.6) is 0 Å². The Morgan fingerprint density at radius 1 is 1.22 bits per heavy atom. The van der Waals surface area contributed by atoms with Crippen molar-refractivity contribution in [1.29, 1.82) is 0 Å². The number of benzene rings is 1. The van der Waals surface area contributed by atoms with Crippen molar-refractivity contribution in [3.63, 3.8) is 0 Å². The van der Waals surface area contributed by atoms with Gasteiger partial charge in [-0.1, -0.05) is 5.21 Å². The van der Waals surface area contributed by atoms with E-state index in [-0.39, 0.29) is 0 Å². The Hall–Kier alpha value is -1.56. The molecule has 0 aliphatic carbocycles. The highest BCUT2D eigenvalue weighted by Crippen LogP contribution is 2.19. The first kappa shape index (κ1) is 11.5. The van der Waals surface area contributed by atoms with E-state index in [4.69, 9.17) is 0 Å². The first-order valence-corrected chi connectivity index (χ1v) is 6.13. The molecule has 3 rings (SSSR count). The highest BCUT2D eigenvalue weighted by Gasteiger charge is 2.16. The molecule has 1 aliphatic heterocycles. The van der Waals surface area contributed by atoms with Gasteiger partial charge >= 0.3 is 0 Å². The maximum Gasteiger partial charge on any atom is 0.161 e. The summed E-state index contributed by atoms with van der Waals surface area (Å²) < 4.78 is 28.0. The van der Waals surface area contributed by atoms with E-state index in [1.54, 1.807) is 4.68 Å². The molecule has 4 nitrogen and oxygen atoms in total. The van der Waals surface area contributed by atoms with Gasteiger partial charge in [0.15, 0.2) is 11.6 Å². The molecule has 0 atom stereocenters. The molecule has 1 N–H and O–H groups in total. The van der Waals surface area contributed by atoms with E-state index < -0.39 is 11.6 Å². The van der Waals surface area contributed by atoms with E-state index in [0.717, 1.165) is 32.0 Å². The van der Waals surface area contributed by atoms with Gasteiger partial charge in [0, 0.05) is 18.7 Å². The molecule has 18 heavy (non-hydrogen) atoms. The van der Waals surface area contributed by atoms with E-state index in [9.17, 15) is 8.78 Å². The molecule has 0 bridgehead atoms. The van der Waals surface area contributed by atoms with Gasteiger partial charge in [0.2, 0.25) is 0 Å². The lowest BCUT2D eigenvalue weighted by molar-refractivity contribution is 0.322. The van der Waals surface area contributed by atoms with Crippen LogP contribution in [0.25, 0.3) is 11.0 Å². The van der Waals surface area contributed by atoms with Crippen molar-refractivity contribution in [3.05, 3.63) is 23.8 Å². The summed E-state index contributed by atoms with van der Waals surface area (Å²) in [5.41, 5.74) is 0.968. The van der Waals surface area contributed by atoms with Gasteiger partial charge in [-0.15, -0.1) is 5.10 Å². The van der Waals surface area contributed by atoms with E-state index in [2.05, 4.69) is 15.6 Å².